The van der Waals surface area contributed by atoms with E-state index in [-0.39, 0.29) is 6.42 Å². The standard InChI is InChI=1S/C22H27NO6/c1-4-27-18-12-16(13-19(28-5-2)21(18)29-6-3)22(26)23-17(14-20(24)25)15-10-8-7-9-11-15/h7-13,17H,4-6,14H2,1-3H3,(H,23,26)(H,24,25). The lowest BCUT2D eigenvalue weighted by molar-refractivity contribution is -0.137. The molecule has 2 aromatic rings. The fourth-order valence-electron chi connectivity index (χ4n) is 2.87. The van der Waals surface area contributed by atoms with E-state index in [2.05, 4.69) is 5.32 Å². The summed E-state index contributed by atoms with van der Waals surface area (Å²) in [6.07, 6.45) is -0.233. The van der Waals surface area contributed by atoms with Crippen molar-refractivity contribution in [3.8, 4) is 17.2 Å². The molecule has 1 amide bonds. The first-order chi connectivity index (χ1) is 14.0. The molecule has 2 N–H and O–H groups in total. The molecule has 0 aliphatic heterocycles. The van der Waals surface area contributed by atoms with Crippen molar-refractivity contribution in [3.05, 3.63) is 53.6 Å². The summed E-state index contributed by atoms with van der Waals surface area (Å²) in [5.41, 5.74) is 1.01. The topological polar surface area (TPSA) is 94.1 Å². The van der Waals surface area contributed by atoms with Crippen molar-refractivity contribution in [3.63, 3.8) is 0 Å². The highest BCUT2D eigenvalue weighted by Crippen LogP contribution is 2.39. The molecular formula is C22H27NO6. The first kappa shape index (κ1) is 22.1. The first-order valence-corrected chi connectivity index (χ1v) is 9.64. The molecular weight excluding hydrogens is 374 g/mol. The smallest absolute Gasteiger partial charge is 0.305 e. The highest BCUT2D eigenvalue weighted by atomic mass is 16.5. The molecule has 0 aromatic heterocycles. The van der Waals surface area contributed by atoms with Gasteiger partial charge in [0.25, 0.3) is 5.91 Å². The molecule has 0 saturated heterocycles. The largest absolute Gasteiger partial charge is 0.490 e. The molecule has 156 valence electrons. The fraction of sp³-hybridized carbons (Fsp3) is 0.364. The van der Waals surface area contributed by atoms with Crippen LogP contribution in [0, 0.1) is 0 Å². The van der Waals surface area contributed by atoms with Gasteiger partial charge in [0, 0.05) is 5.56 Å². The number of nitrogens with one attached hydrogen (secondary N) is 1. The monoisotopic (exact) mass is 401 g/mol. The quantitative estimate of drug-likeness (QED) is 0.594. The first-order valence-electron chi connectivity index (χ1n) is 9.64. The van der Waals surface area contributed by atoms with Gasteiger partial charge in [-0.15, -0.1) is 0 Å². The Bertz CT molecular complexity index is 794. The number of carbonyl (C=O) groups is 2. The van der Waals surface area contributed by atoms with Gasteiger partial charge in [0.15, 0.2) is 11.5 Å². The molecule has 2 rings (SSSR count). The number of aliphatic carboxylic acids is 1. The highest BCUT2D eigenvalue weighted by Gasteiger charge is 2.22. The lowest BCUT2D eigenvalue weighted by Gasteiger charge is -2.20. The maximum absolute atomic E-state index is 12.9. The third kappa shape index (κ3) is 6.14. The molecule has 2 aromatic carbocycles. The normalized spacial score (nSPS) is 11.4. The molecule has 0 aliphatic rings. The zero-order chi connectivity index (χ0) is 21.2. The van der Waals surface area contributed by atoms with E-state index in [9.17, 15) is 14.7 Å². The number of rotatable bonds is 11. The Labute approximate surface area is 170 Å². The Balaban J connectivity index is 2.37. The lowest BCUT2D eigenvalue weighted by Crippen LogP contribution is -2.30. The van der Waals surface area contributed by atoms with E-state index in [1.165, 1.54) is 0 Å². The molecule has 0 spiro atoms. The average Bonchev–Trinajstić information content (AvgIpc) is 2.70. The van der Waals surface area contributed by atoms with E-state index in [0.29, 0.717) is 48.2 Å². The molecule has 7 nitrogen and oxygen atoms in total. The Hall–Kier alpha value is -3.22. The zero-order valence-corrected chi connectivity index (χ0v) is 16.9. The second kappa shape index (κ2) is 10.9. The summed E-state index contributed by atoms with van der Waals surface area (Å²) in [6.45, 7) is 6.72. The molecule has 0 heterocycles. The number of carboxylic acids is 1. The summed E-state index contributed by atoms with van der Waals surface area (Å²) in [5, 5.41) is 12.0. The molecule has 1 atom stereocenters. The summed E-state index contributed by atoms with van der Waals surface area (Å²) in [6, 6.07) is 11.5. The third-order valence-corrected chi connectivity index (χ3v) is 4.06. The van der Waals surface area contributed by atoms with Gasteiger partial charge in [-0.25, -0.2) is 0 Å². The molecule has 0 radical (unpaired) electrons. The predicted octanol–water partition coefficient (Wildman–Crippen LogP) is 3.83. The number of carbonyl (C=O) groups excluding carboxylic acids is 1. The van der Waals surface area contributed by atoms with Crippen LogP contribution in [0.15, 0.2) is 42.5 Å². The molecule has 29 heavy (non-hydrogen) atoms. The Kier molecular flexibility index (Phi) is 8.33. The van der Waals surface area contributed by atoms with Gasteiger partial charge in [0.1, 0.15) is 0 Å². The Morgan fingerprint density at radius 2 is 1.48 bits per heavy atom. The summed E-state index contributed by atoms with van der Waals surface area (Å²) >= 11 is 0. The lowest BCUT2D eigenvalue weighted by atomic mass is 10.0. The van der Waals surface area contributed by atoms with E-state index >= 15 is 0 Å². The number of amides is 1. The van der Waals surface area contributed by atoms with Crippen molar-refractivity contribution in [1.82, 2.24) is 5.32 Å². The van der Waals surface area contributed by atoms with Crippen molar-refractivity contribution in [1.29, 1.82) is 0 Å². The maximum atomic E-state index is 12.9. The summed E-state index contributed by atoms with van der Waals surface area (Å²) in [5.74, 6) is -0.182. The summed E-state index contributed by atoms with van der Waals surface area (Å²) < 4.78 is 16.9. The van der Waals surface area contributed by atoms with E-state index in [4.69, 9.17) is 14.2 Å². The summed E-state index contributed by atoms with van der Waals surface area (Å²) in [4.78, 5) is 24.2. The number of hydrogen-bond donors (Lipinski definition) is 2. The Morgan fingerprint density at radius 1 is 0.931 bits per heavy atom. The number of ether oxygens (including phenoxy) is 3. The number of benzene rings is 2. The van der Waals surface area contributed by atoms with Crippen molar-refractivity contribution in [2.75, 3.05) is 19.8 Å². The van der Waals surface area contributed by atoms with Crippen LogP contribution >= 0.6 is 0 Å². The van der Waals surface area contributed by atoms with Crippen molar-refractivity contribution >= 4 is 11.9 Å². The molecule has 0 bridgehead atoms. The minimum Gasteiger partial charge on any atom is -0.490 e. The summed E-state index contributed by atoms with van der Waals surface area (Å²) in [7, 11) is 0. The van der Waals surface area contributed by atoms with Crippen LogP contribution in [0.25, 0.3) is 0 Å². The molecule has 0 fully saturated rings. The Morgan fingerprint density at radius 3 is 1.97 bits per heavy atom. The molecule has 0 aliphatic carbocycles. The van der Waals surface area contributed by atoms with Gasteiger partial charge in [0.05, 0.1) is 32.3 Å². The van der Waals surface area contributed by atoms with Gasteiger partial charge < -0.3 is 24.6 Å². The second-order valence-electron chi connectivity index (χ2n) is 6.14. The van der Waals surface area contributed by atoms with Crippen LogP contribution in [0.5, 0.6) is 17.2 Å². The molecule has 7 heteroatoms. The molecule has 0 saturated carbocycles. The predicted molar refractivity (Wildman–Crippen MR) is 109 cm³/mol. The van der Waals surface area contributed by atoms with E-state index in [0.717, 1.165) is 0 Å². The minimum absolute atomic E-state index is 0.233. The second-order valence-corrected chi connectivity index (χ2v) is 6.14. The highest BCUT2D eigenvalue weighted by molar-refractivity contribution is 5.96. The van der Waals surface area contributed by atoms with Crippen LogP contribution in [0.1, 0.15) is 49.2 Å². The SMILES string of the molecule is CCOc1cc(C(=O)NC(CC(=O)O)c2ccccc2)cc(OCC)c1OCC. The fourth-order valence-corrected chi connectivity index (χ4v) is 2.87. The van der Waals surface area contributed by atoms with Gasteiger partial charge in [0.2, 0.25) is 5.75 Å². The van der Waals surface area contributed by atoms with E-state index < -0.39 is 17.9 Å². The van der Waals surface area contributed by atoms with E-state index in [1.54, 1.807) is 36.4 Å². The van der Waals surface area contributed by atoms with Gasteiger partial charge in [-0.3, -0.25) is 9.59 Å². The van der Waals surface area contributed by atoms with Gasteiger partial charge in [-0.05, 0) is 38.5 Å². The van der Waals surface area contributed by atoms with Crippen molar-refractivity contribution in [2.24, 2.45) is 0 Å². The van der Waals surface area contributed by atoms with Gasteiger partial charge in [-0.2, -0.15) is 0 Å². The van der Waals surface area contributed by atoms with Crippen LogP contribution in [0.3, 0.4) is 0 Å². The van der Waals surface area contributed by atoms with Crippen molar-refractivity contribution in [2.45, 2.75) is 33.2 Å². The van der Waals surface area contributed by atoms with Crippen LogP contribution < -0.4 is 19.5 Å². The zero-order valence-electron chi connectivity index (χ0n) is 16.9. The van der Waals surface area contributed by atoms with Gasteiger partial charge in [-0.1, -0.05) is 30.3 Å². The van der Waals surface area contributed by atoms with Crippen LogP contribution in [-0.4, -0.2) is 36.8 Å². The number of hydrogen-bond acceptors (Lipinski definition) is 5. The van der Waals surface area contributed by atoms with Crippen LogP contribution in [-0.2, 0) is 4.79 Å². The van der Waals surface area contributed by atoms with Crippen molar-refractivity contribution < 1.29 is 28.9 Å². The van der Waals surface area contributed by atoms with Crippen LogP contribution in [0.4, 0.5) is 0 Å². The maximum Gasteiger partial charge on any atom is 0.305 e. The number of carboxylic acid groups (broad SMARTS) is 1. The van der Waals surface area contributed by atoms with Crippen LogP contribution in [0.2, 0.25) is 0 Å². The average molecular weight is 401 g/mol. The third-order valence-electron chi connectivity index (χ3n) is 4.06. The van der Waals surface area contributed by atoms with Gasteiger partial charge >= 0.3 is 5.97 Å². The van der Waals surface area contributed by atoms with E-state index in [1.807, 2.05) is 26.8 Å². The molecule has 1 unspecified atom stereocenters. The minimum atomic E-state index is -1.00.